The SMILES string of the molecule is CCn1nc(C)cc1C(=O)N1CCC(O)c2ccccc21. The maximum Gasteiger partial charge on any atom is 0.276 e. The Morgan fingerprint density at radius 3 is 2.95 bits per heavy atom. The van der Waals surface area contributed by atoms with Gasteiger partial charge in [-0.25, -0.2) is 0 Å². The fraction of sp³-hybridized carbons (Fsp3) is 0.375. The summed E-state index contributed by atoms with van der Waals surface area (Å²) in [5.74, 6) is -0.0585. The summed E-state index contributed by atoms with van der Waals surface area (Å²) >= 11 is 0. The van der Waals surface area contributed by atoms with Crippen molar-refractivity contribution in [3.63, 3.8) is 0 Å². The average molecular weight is 285 g/mol. The number of anilines is 1. The van der Waals surface area contributed by atoms with Crippen LogP contribution in [-0.2, 0) is 6.54 Å². The van der Waals surface area contributed by atoms with Gasteiger partial charge in [-0.15, -0.1) is 0 Å². The maximum atomic E-state index is 12.8. The lowest BCUT2D eigenvalue weighted by Crippen LogP contribution is -2.37. The molecule has 0 saturated heterocycles. The summed E-state index contributed by atoms with van der Waals surface area (Å²) in [5.41, 5.74) is 3.05. The molecule has 2 heterocycles. The van der Waals surface area contributed by atoms with Crippen molar-refractivity contribution < 1.29 is 9.90 Å². The summed E-state index contributed by atoms with van der Waals surface area (Å²) in [4.78, 5) is 14.6. The van der Waals surface area contributed by atoms with Crippen LogP contribution in [0.25, 0.3) is 0 Å². The third-order valence-electron chi connectivity index (χ3n) is 3.88. The van der Waals surface area contributed by atoms with E-state index in [1.807, 2.05) is 44.2 Å². The number of carbonyl (C=O) groups excluding carboxylic acids is 1. The van der Waals surface area contributed by atoms with Crippen LogP contribution in [0, 0.1) is 6.92 Å². The molecular formula is C16H19N3O2. The molecule has 1 atom stereocenters. The van der Waals surface area contributed by atoms with Crippen LogP contribution >= 0.6 is 0 Å². The number of hydrogen-bond acceptors (Lipinski definition) is 3. The smallest absolute Gasteiger partial charge is 0.276 e. The van der Waals surface area contributed by atoms with E-state index < -0.39 is 6.10 Å². The Kier molecular flexibility index (Phi) is 3.51. The molecule has 0 radical (unpaired) electrons. The molecule has 1 aliphatic heterocycles. The molecule has 2 aromatic rings. The quantitative estimate of drug-likeness (QED) is 0.921. The summed E-state index contributed by atoms with van der Waals surface area (Å²) in [6.07, 6.45) is 0.0604. The van der Waals surface area contributed by atoms with Crippen molar-refractivity contribution >= 4 is 11.6 Å². The molecule has 0 spiro atoms. The molecule has 5 nitrogen and oxygen atoms in total. The molecular weight excluding hydrogens is 266 g/mol. The van der Waals surface area contributed by atoms with E-state index in [9.17, 15) is 9.90 Å². The van der Waals surface area contributed by atoms with Crippen molar-refractivity contribution in [1.29, 1.82) is 0 Å². The highest BCUT2D eigenvalue weighted by Crippen LogP contribution is 2.34. The van der Waals surface area contributed by atoms with E-state index in [2.05, 4.69) is 5.10 Å². The van der Waals surface area contributed by atoms with Crippen LogP contribution in [0.5, 0.6) is 0 Å². The normalized spacial score (nSPS) is 17.7. The zero-order valence-corrected chi connectivity index (χ0v) is 12.3. The van der Waals surface area contributed by atoms with Crippen LogP contribution in [0.3, 0.4) is 0 Å². The van der Waals surface area contributed by atoms with E-state index in [0.717, 1.165) is 16.9 Å². The highest BCUT2D eigenvalue weighted by atomic mass is 16.3. The molecule has 0 aliphatic carbocycles. The van der Waals surface area contributed by atoms with E-state index >= 15 is 0 Å². The predicted octanol–water partition coefficient (Wildman–Crippen LogP) is 2.30. The lowest BCUT2D eigenvalue weighted by atomic mass is 9.98. The van der Waals surface area contributed by atoms with Crippen molar-refractivity contribution in [2.75, 3.05) is 11.4 Å². The molecule has 0 bridgehead atoms. The van der Waals surface area contributed by atoms with Crippen molar-refractivity contribution in [2.45, 2.75) is 32.9 Å². The molecule has 1 unspecified atom stereocenters. The van der Waals surface area contributed by atoms with Crippen LogP contribution in [0.4, 0.5) is 5.69 Å². The minimum atomic E-state index is -0.497. The number of amides is 1. The first-order valence-corrected chi connectivity index (χ1v) is 7.25. The lowest BCUT2D eigenvalue weighted by molar-refractivity contribution is 0.0960. The zero-order chi connectivity index (χ0) is 15.0. The number of aromatic nitrogens is 2. The number of rotatable bonds is 2. The van der Waals surface area contributed by atoms with Gasteiger partial charge in [-0.1, -0.05) is 18.2 Å². The number of nitrogens with zero attached hydrogens (tertiary/aromatic N) is 3. The lowest BCUT2D eigenvalue weighted by Gasteiger charge is -2.32. The maximum absolute atomic E-state index is 12.8. The minimum Gasteiger partial charge on any atom is -0.388 e. The first-order valence-electron chi connectivity index (χ1n) is 7.25. The highest BCUT2D eigenvalue weighted by Gasteiger charge is 2.29. The van der Waals surface area contributed by atoms with Gasteiger partial charge in [0.1, 0.15) is 5.69 Å². The Bertz CT molecular complexity index is 678. The van der Waals surface area contributed by atoms with Crippen LogP contribution in [-0.4, -0.2) is 27.3 Å². The van der Waals surface area contributed by atoms with E-state index in [1.54, 1.807) is 9.58 Å². The Balaban J connectivity index is 2.01. The summed E-state index contributed by atoms with van der Waals surface area (Å²) in [6.45, 7) is 5.03. The Hall–Kier alpha value is -2.14. The second-order valence-electron chi connectivity index (χ2n) is 5.31. The van der Waals surface area contributed by atoms with E-state index in [0.29, 0.717) is 25.2 Å². The summed E-state index contributed by atoms with van der Waals surface area (Å²) < 4.78 is 1.73. The van der Waals surface area contributed by atoms with Gasteiger partial charge in [-0.2, -0.15) is 5.10 Å². The van der Waals surface area contributed by atoms with Gasteiger partial charge < -0.3 is 10.0 Å². The van der Waals surface area contributed by atoms with Gasteiger partial charge in [0.05, 0.1) is 11.8 Å². The molecule has 3 rings (SSSR count). The topological polar surface area (TPSA) is 58.4 Å². The summed E-state index contributed by atoms with van der Waals surface area (Å²) in [6, 6.07) is 9.35. The average Bonchev–Trinajstić information content (AvgIpc) is 2.88. The molecule has 21 heavy (non-hydrogen) atoms. The predicted molar refractivity (Wildman–Crippen MR) is 80.3 cm³/mol. The highest BCUT2D eigenvalue weighted by molar-refractivity contribution is 6.05. The van der Waals surface area contributed by atoms with Crippen LogP contribution in [0.15, 0.2) is 30.3 Å². The monoisotopic (exact) mass is 285 g/mol. The Labute approximate surface area is 123 Å². The molecule has 1 aromatic carbocycles. The number of carbonyl (C=O) groups is 1. The second kappa shape index (κ2) is 5.33. The summed E-state index contributed by atoms with van der Waals surface area (Å²) in [7, 11) is 0. The first kappa shape index (κ1) is 13.8. The van der Waals surface area contributed by atoms with Crippen LogP contribution in [0.1, 0.15) is 41.2 Å². The van der Waals surface area contributed by atoms with Gasteiger partial charge in [0.25, 0.3) is 5.91 Å². The van der Waals surface area contributed by atoms with Gasteiger partial charge >= 0.3 is 0 Å². The fourth-order valence-electron chi connectivity index (χ4n) is 2.85. The fourth-order valence-corrected chi connectivity index (χ4v) is 2.85. The molecule has 1 aliphatic rings. The summed E-state index contributed by atoms with van der Waals surface area (Å²) in [5, 5.41) is 14.4. The molecule has 0 fully saturated rings. The van der Waals surface area contributed by atoms with E-state index in [-0.39, 0.29) is 5.91 Å². The number of aryl methyl sites for hydroxylation is 2. The number of benzene rings is 1. The Morgan fingerprint density at radius 2 is 2.19 bits per heavy atom. The molecule has 5 heteroatoms. The number of aliphatic hydroxyl groups is 1. The van der Waals surface area contributed by atoms with Gasteiger partial charge in [0.2, 0.25) is 0 Å². The Morgan fingerprint density at radius 1 is 1.43 bits per heavy atom. The molecule has 1 aromatic heterocycles. The molecule has 0 saturated carbocycles. The van der Waals surface area contributed by atoms with Gasteiger partial charge in [0.15, 0.2) is 0 Å². The van der Waals surface area contributed by atoms with Crippen LogP contribution < -0.4 is 4.90 Å². The molecule has 1 N–H and O–H groups in total. The standard InChI is InChI=1S/C16H19N3O2/c1-3-19-14(10-11(2)17-19)16(21)18-9-8-15(20)12-6-4-5-7-13(12)18/h4-7,10,15,20H,3,8-9H2,1-2H3. The van der Waals surface area contributed by atoms with Crippen molar-refractivity contribution in [2.24, 2.45) is 0 Å². The van der Waals surface area contributed by atoms with Crippen molar-refractivity contribution in [1.82, 2.24) is 9.78 Å². The van der Waals surface area contributed by atoms with Crippen LogP contribution in [0.2, 0.25) is 0 Å². The zero-order valence-electron chi connectivity index (χ0n) is 12.3. The third-order valence-corrected chi connectivity index (χ3v) is 3.88. The van der Waals surface area contributed by atoms with Gasteiger partial charge in [-0.3, -0.25) is 9.48 Å². The van der Waals surface area contributed by atoms with Gasteiger partial charge in [0, 0.05) is 24.3 Å². The second-order valence-corrected chi connectivity index (χ2v) is 5.31. The number of hydrogen-bond donors (Lipinski definition) is 1. The number of aliphatic hydroxyl groups excluding tert-OH is 1. The molecule has 1 amide bonds. The van der Waals surface area contributed by atoms with Crippen molar-refractivity contribution in [3.8, 4) is 0 Å². The molecule has 110 valence electrons. The minimum absolute atomic E-state index is 0.0585. The first-order chi connectivity index (χ1) is 10.1. The number of fused-ring (bicyclic) bond motifs is 1. The van der Waals surface area contributed by atoms with Gasteiger partial charge in [-0.05, 0) is 32.4 Å². The van der Waals surface area contributed by atoms with E-state index in [4.69, 9.17) is 0 Å². The largest absolute Gasteiger partial charge is 0.388 e. The number of para-hydroxylation sites is 1. The van der Waals surface area contributed by atoms with Crippen molar-refractivity contribution in [3.05, 3.63) is 47.3 Å². The third kappa shape index (κ3) is 2.34. The van der Waals surface area contributed by atoms with E-state index in [1.165, 1.54) is 0 Å².